The standard InChI is InChI=1S/C17H25NO3/c1-2-4-14(5-3-1)12-21-17-8-11-20-13-16(17)18-15-6-9-19-10-7-15/h1-5,15-18H,6-13H2/t16-,17+/m0/s1. The second-order valence-corrected chi connectivity index (χ2v) is 5.86. The van der Waals surface area contributed by atoms with Gasteiger partial charge in [-0.15, -0.1) is 0 Å². The molecule has 0 spiro atoms. The lowest BCUT2D eigenvalue weighted by Gasteiger charge is -2.36. The Morgan fingerprint density at radius 1 is 1.00 bits per heavy atom. The molecule has 0 unspecified atom stereocenters. The predicted octanol–water partition coefficient (Wildman–Crippen LogP) is 2.13. The Labute approximate surface area is 126 Å². The summed E-state index contributed by atoms with van der Waals surface area (Å²) in [6, 6.07) is 11.2. The molecular weight excluding hydrogens is 266 g/mol. The number of hydrogen-bond donors (Lipinski definition) is 1. The molecule has 2 heterocycles. The molecule has 116 valence electrons. The summed E-state index contributed by atoms with van der Waals surface area (Å²) in [5.41, 5.74) is 1.23. The lowest BCUT2D eigenvalue weighted by molar-refractivity contribution is -0.0684. The fourth-order valence-electron chi connectivity index (χ4n) is 3.02. The largest absolute Gasteiger partial charge is 0.381 e. The van der Waals surface area contributed by atoms with Crippen LogP contribution < -0.4 is 5.32 Å². The fourth-order valence-corrected chi connectivity index (χ4v) is 3.02. The first kappa shape index (κ1) is 15.0. The van der Waals surface area contributed by atoms with E-state index in [1.165, 1.54) is 5.56 Å². The Morgan fingerprint density at radius 2 is 1.76 bits per heavy atom. The molecule has 1 aromatic rings. The average molecular weight is 291 g/mol. The van der Waals surface area contributed by atoms with E-state index in [1.807, 2.05) is 6.07 Å². The van der Waals surface area contributed by atoms with Crippen molar-refractivity contribution in [1.29, 1.82) is 0 Å². The molecule has 2 saturated heterocycles. The zero-order valence-electron chi connectivity index (χ0n) is 12.5. The molecule has 2 aliphatic rings. The number of hydrogen-bond acceptors (Lipinski definition) is 4. The van der Waals surface area contributed by atoms with Crippen molar-refractivity contribution in [2.75, 3.05) is 26.4 Å². The molecular formula is C17H25NO3. The monoisotopic (exact) mass is 291 g/mol. The molecule has 1 aromatic carbocycles. The molecule has 0 bridgehead atoms. The fraction of sp³-hybridized carbons (Fsp3) is 0.647. The summed E-state index contributed by atoms with van der Waals surface area (Å²) in [5, 5.41) is 3.71. The maximum atomic E-state index is 6.15. The molecule has 2 atom stereocenters. The summed E-state index contributed by atoms with van der Waals surface area (Å²) in [4.78, 5) is 0. The third-order valence-electron chi connectivity index (χ3n) is 4.27. The van der Waals surface area contributed by atoms with Crippen molar-refractivity contribution in [3.05, 3.63) is 35.9 Å². The summed E-state index contributed by atoms with van der Waals surface area (Å²) in [6.45, 7) is 3.95. The Balaban J connectivity index is 1.51. The van der Waals surface area contributed by atoms with Crippen LogP contribution in [-0.2, 0) is 20.8 Å². The van der Waals surface area contributed by atoms with E-state index in [9.17, 15) is 0 Å². The topological polar surface area (TPSA) is 39.7 Å². The normalized spacial score (nSPS) is 27.6. The van der Waals surface area contributed by atoms with Crippen LogP contribution >= 0.6 is 0 Å². The van der Waals surface area contributed by atoms with Crippen molar-refractivity contribution in [3.8, 4) is 0 Å². The van der Waals surface area contributed by atoms with Crippen molar-refractivity contribution in [1.82, 2.24) is 5.32 Å². The van der Waals surface area contributed by atoms with Crippen molar-refractivity contribution < 1.29 is 14.2 Å². The van der Waals surface area contributed by atoms with Crippen molar-refractivity contribution in [2.24, 2.45) is 0 Å². The van der Waals surface area contributed by atoms with Crippen LogP contribution in [0, 0.1) is 0 Å². The SMILES string of the molecule is c1ccc(CO[C@@H]2CCOC[C@@H]2NC2CCOCC2)cc1. The van der Waals surface area contributed by atoms with E-state index < -0.39 is 0 Å². The van der Waals surface area contributed by atoms with Crippen LogP contribution in [0.15, 0.2) is 30.3 Å². The minimum atomic E-state index is 0.238. The van der Waals surface area contributed by atoms with Gasteiger partial charge in [0.2, 0.25) is 0 Å². The smallest absolute Gasteiger partial charge is 0.0777 e. The first-order valence-corrected chi connectivity index (χ1v) is 7.99. The Kier molecular flexibility index (Phi) is 5.63. The first-order valence-electron chi connectivity index (χ1n) is 7.99. The van der Waals surface area contributed by atoms with Crippen LogP contribution in [0.1, 0.15) is 24.8 Å². The number of ether oxygens (including phenoxy) is 3. The van der Waals surface area contributed by atoms with Crippen LogP contribution in [0.3, 0.4) is 0 Å². The van der Waals surface area contributed by atoms with E-state index in [-0.39, 0.29) is 6.10 Å². The van der Waals surface area contributed by atoms with Crippen LogP contribution in [0.25, 0.3) is 0 Å². The highest BCUT2D eigenvalue weighted by Gasteiger charge is 2.29. The average Bonchev–Trinajstić information content (AvgIpc) is 2.56. The predicted molar refractivity (Wildman–Crippen MR) is 81.2 cm³/mol. The molecule has 0 radical (unpaired) electrons. The molecule has 2 fully saturated rings. The summed E-state index contributed by atoms with van der Waals surface area (Å²) in [7, 11) is 0. The van der Waals surface area contributed by atoms with E-state index in [1.54, 1.807) is 0 Å². The lowest BCUT2D eigenvalue weighted by atomic mass is 10.0. The maximum Gasteiger partial charge on any atom is 0.0777 e. The minimum Gasteiger partial charge on any atom is -0.381 e. The van der Waals surface area contributed by atoms with Gasteiger partial charge in [0.1, 0.15) is 0 Å². The van der Waals surface area contributed by atoms with Gasteiger partial charge < -0.3 is 19.5 Å². The highest BCUT2D eigenvalue weighted by Crippen LogP contribution is 2.17. The molecule has 0 saturated carbocycles. The van der Waals surface area contributed by atoms with E-state index in [2.05, 4.69) is 29.6 Å². The summed E-state index contributed by atoms with van der Waals surface area (Å²) < 4.78 is 17.2. The molecule has 0 aromatic heterocycles. The maximum absolute atomic E-state index is 6.15. The second-order valence-electron chi connectivity index (χ2n) is 5.86. The van der Waals surface area contributed by atoms with Crippen molar-refractivity contribution >= 4 is 0 Å². The van der Waals surface area contributed by atoms with Crippen molar-refractivity contribution in [3.63, 3.8) is 0 Å². The summed E-state index contributed by atoms with van der Waals surface area (Å²) in [6.07, 6.45) is 3.37. The molecule has 1 N–H and O–H groups in total. The molecule has 21 heavy (non-hydrogen) atoms. The second kappa shape index (κ2) is 7.90. The highest BCUT2D eigenvalue weighted by molar-refractivity contribution is 5.13. The van der Waals surface area contributed by atoms with E-state index in [0.29, 0.717) is 18.7 Å². The van der Waals surface area contributed by atoms with Gasteiger partial charge in [-0.2, -0.15) is 0 Å². The Morgan fingerprint density at radius 3 is 2.57 bits per heavy atom. The number of rotatable bonds is 5. The van der Waals surface area contributed by atoms with E-state index >= 15 is 0 Å². The van der Waals surface area contributed by atoms with Gasteiger partial charge in [-0.1, -0.05) is 30.3 Å². The van der Waals surface area contributed by atoms with Gasteiger partial charge in [0.25, 0.3) is 0 Å². The Bertz CT molecular complexity index is 406. The third kappa shape index (κ3) is 4.51. The number of benzene rings is 1. The van der Waals surface area contributed by atoms with E-state index in [0.717, 1.165) is 45.7 Å². The van der Waals surface area contributed by atoms with Gasteiger partial charge >= 0.3 is 0 Å². The van der Waals surface area contributed by atoms with E-state index in [4.69, 9.17) is 14.2 Å². The summed E-state index contributed by atoms with van der Waals surface area (Å²) >= 11 is 0. The third-order valence-corrected chi connectivity index (χ3v) is 4.27. The molecule has 2 aliphatic heterocycles. The van der Waals surface area contributed by atoms with Crippen LogP contribution in [-0.4, -0.2) is 44.6 Å². The van der Waals surface area contributed by atoms with Gasteiger partial charge in [-0.05, 0) is 24.8 Å². The molecule has 0 amide bonds. The van der Waals surface area contributed by atoms with Gasteiger partial charge in [-0.3, -0.25) is 0 Å². The van der Waals surface area contributed by atoms with Gasteiger partial charge in [0, 0.05) is 25.9 Å². The zero-order valence-corrected chi connectivity index (χ0v) is 12.5. The van der Waals surface area contributed by atoms with Crippen LogP contribution in [0.2, 0.25) is 0 Å². The molecule has 3 rings (SSSR count). The molecule has 0 aliphatic carbocycles. The molecule has 4 heteroatoms. The quantitative estimate of drug-likeness (QED) is 0.902. The van der Waals surface area contributed by atoms with Crippen LogP contribution in [0.4, 0.5) is 0 Å². The van der Waals surface area contributed by atoms with Gasteiger partial charge in [0.15, 0.2) is 0 Å². The zero-order chi connectivity index (χ0) is 14.3. The van der Waals surface area contributed by atoms with Gasteiger partial charge in [-0.25, -0.2) is 0 Å². The lowest BCUT2D eigenvalue weighted by Crippen LogP contribution is -2.53. The number of nitrogens with one attached hydrogen (secondary N) is 1. The van der Waals surface area contributed by atoms with Crippen LogP contribution in [0.5, 0.6) is 0 Å². The van der Waals surface area contributed by atoms with Crippen molar-refractivity contribution in [2.45, 2.75) is 44.1 Å². The minimum absolute atomic E-state index is 0.238. The summed E-state index contributed by atoms with van der Waals surface area (Å²) in [5.74, 6) is 0. The highest BCUT2D eigenvalue weighted by atomic mass is 16.5. The first-order chi connectivity index (χ1) is 10.4. The molecule has 4 nitrogen and oxygen atoms in total. The van der Waals surface area contributed by atoms with Gasteiger partial charge in [0.05, 0.1) is 25.4 Å². The Hall–Kier alpha value is -0.940.